The van der Waals surface area contributed by atoms with Crippen molar-refractivity contribution in [1.82, 2.24) is 0 Å². The first-order valence-electron chi connectivity index (χ1n) is 9.50. The molecule has 0 heterocycles. The molecule has 0 fully saturated rings. The molecule has 1 atom stereocenters. The first kappa shape index (κ1) is 16.3. The maximum atomic E-state index is 9.64. The Bertz CT molecular complexity index is 1060. The van der Waals surface area contributed by atoms with Crippen molar-refractivity contribution in [1.29, 1.82) is 0 Å². The fourth-order valence-electron chi connectivity index (χ4n) is 4.80. The molecule has 5 rings (SSSR count). The van der Waals surface area contributed by atoms with Gasteiger partial charge < -0.3 is 5.02 Å². The van der Waals surface area contributed by atoms with Crippen LogP contribution in [0.15, 0.2) is 96.6 Å². The number of benzene rings is 3. The molecule has 1 unspecified atom stereocenters. The Morgan fingerprint density at radius 1 is 0.741 bits per heavy atom. The molecule has 1 N–H and O–H groups in total. The van der Waals surface area contributed by atoms with E-state index in [0.717, 1.165) is 18.3 Å². The van der Waals surface area contributed by atoms with Crippen LogP contribution < -0.4 is 5.46 Å². The van der Waals surface area contributed by atoms with Crippen LogP contribution >= 0.6 is 0 Å². The van der Waals surface area contributed by atoms with Crippen LogP contribution in [0.1, 0.15) is 35.1 Å². The van der Waals surface area contributed by atoms with Gasteiger partial charge in [-0.25, -0.2) is 0 Å². The molecule has 0 spiro atoms. The highest BCUT2D eigenvalue weighted by Crippen LogP contribution is 2.57. The van der Waals surface area contributed by atoms with E-state index in [1.807, 2.05) is 12.1 Å². The van der Waals surface area contributed by atoms with E-state index < -0.39 is 0 Å². The van der Waals surface area contributed by atoms with Crippen LogP contribution in [-0.2, 0) is 5.41 Å². The number of allylic oxidation sites excluding steroid dienone is 4. The van der Waals surface area contributed by atoms with Gasteiger partial charge in [0.1, 0.15) is 0 Å². The lowest BCUT2D eigenvalue weighted by atomic mass is 9.66. The second kappa shape index (κ2) is 6.40. The van der Waals surface area contributed by atoms with Crippen LogP contribution in [0.3, 0.4) is 0 Å². The van der Waals surface area contributed by atoms with Gasteiger partial charge in [0.2, 0.25) is 0 Å². The zero-order valence-corrected chi connectivity index (χ0v) is 15.1. The molecule has 0 aromatic heterocycles. The summed E-state index contributed by atoms with van der Waals surface area (Å²) in [5, 5.41) is 9.64. The van der Waals surface area contributed by atoms with Crippen LogP contribution in [0.25, 0.3) is 5.57 Å². The Kier molecular flexibility index (Phi) is 3.88. The van der Waals surface area contributed by atoms with Gasteiger partial charge in [0.15, 0.2) is 0 Å². The Hall–Kier alpha value is -2.84. The molecule has 0 saturated carbocycles. The summed E-state index contributed by atoms with van der Waals surface area (Å²) in [6.45, 7) is 0. The summed E-state index contributed by atoms with van der Waals surface area (Å²) in [6.07, 6.45) is 6.95. The predicted octanol–water partition coefficient (Wildman–Crippen LogP) is 4.38. The summed E-state index contributed by atoms with van der Waals surface area (Å²) in [6, 6.07) is 27.8. The van der Waals surface area contributed by atoms with E-state index >= 15 is 0 Å². The molecule has 3 aromatic carbocycles. The Balaban J connectivity index is 1.92. The third-order valence-electron chi connectivity index (χ3n) is 5.85. The van der Waals surface area contributed by atoms with Crippen molar-refractivity contribution >= 4 is 18.5 Å². The second-order valence-electron chi connectivity index (χ2n) is 7.23. The molecule has 1 radical (unpaired) electrons. The lowest BCUT2D eigenvalue weighted by Gasteiger charge is -2.35. The topological polar surface area (TPSA) is 20.2 Å². The second-order valence-corrected chi connectivity index (χ2v) is 7.23. The van der Waals surface area contributed by atoms with Crippen LogP contribution in [0.4, 0.5) is 0 Å². The minimum absolute atomic E-state index is 0.344. The summed E-state index contributed by atoms with van der Waals surface area (Å²) >= 11 is 0. The van der Waals surface area contributed by atoms with Crippen molar-refractivity contribution in [3.8, 4) is 0 Å². The largest absolute Gasteiger partial charge is 0.450 e. The number of hydrogen-bond acceptors (Lipinski definition) is 1. The average molecular weight is 347 g/mol. The lowest BCUT2D eigenvalue weighted by Crippen LogP contribution is -2.30. The van der Waals surface area contributed by atoms with Gasteiger partial charge in [-0.05, 0) is 46.2 Å². The van der Waals surface area contributed by atoms with E-state index in [2.05, 4.69) is 78.9 Å². The molecule has 0 amide bonds. The molecule has 1 nitrogen and oxygen atoms in total. The standard InChI is InChI=1S/C25H20BO/c27-26-20-12-8-11-19(17-20)25(18-9-2-1-3-10-18)23-15-6-4-13-21(23)22-14-5-7-16-24(22)25/h1-4,6,8-17,27H,5,7H2. The molecule has 0 bridgehead atoms. The lowest BCUT2D eigenvalue weighted by molar-refractivity contribution is 0.615. The fraction of sp³-hybridized carbons (Fsp3) is 0.120. The van der Waals surface area contributed by atoms with Crippen molar-refractivity contribution in [2.75, 3.05) is 0 Å². The Labute approximate surface area is 161 Å². The first-order chi connectivity index (χ1) is 13.4. The number of hydrogen-bond donors (Lipinski definition) is 1. The summed E-state index contributed by atoms with van der Waals surface area (Å²) < 4.78 is 0. The van der Waals surface area contributed by atoms with E-state index in [-0.39, 0.29) is 5.41 Å². The van der Waals surface area contributed by atoms with Gasteiger partial charge in [0.05, 0.1) is 5.41 Å². The van der Waals surface area contributed by atoms with E-state index in [1.165, 1.54) is 40.9 Å². The molecular formula is C25H20BO. The van der Waals surface area contributed by atoms with Crippen molar-refractivity contribution < 1.29 is 5.02 Å². The van der Waals surface area contributed by atoms with Gasteiger partial charge in [0.25, 0.3) is 0 Å². The van der Waals surface area contributed by atoms with E-state index in [4.69, 9.17) is 0 Å². The minimum atomic E-state index is -0.344. The van der Waals surface area contributed by atoms with Crippen LogP contribution in [0.5, 0.6) is 0 Å². The van der Waals surface area contributed by atoms with Crippen molar-refractivity contribution in [3.05, 3.63) is 119 Å². The van der Waals surface area contributed by atoms with E-state index in [1.54, 1.807) is 0 Å². The molecular weight excluding hydrogens is 327 g/mol. The molecule has 0 aliphatic heterocycles. The smallest absolute Gasteiger partial charge is 0.326 e. The highest BCUT2D eigenvalue weighted by molar-refractivity contribution is 6.45. The first-order valence-corrected chi connectivity index (χ1v) is 9.50. The SMILES string of the molecule is O[B]c1cccc(C2(c3ccccc3)C3=CCCC=C3c3ccccc32)c1. The van der Waals surface area contributed by atoms with Crippen molar-refractivity contribution in [2.24, 2.45) is 0 Å². The Morgan fingerprint density at radius 2 is 1.48 bits per heavy atom. The third-order valence-corrected chi connectivity index (χ3v) is 5.85. The van der Waals surface area contributed by atoms with Crippen molar-refractivity contribution in [2.45, 2.75) is 18.3 Å². The van der Waals surface area contributed by atoms with Crippen molar-refractivity contribution in [3.63, 3.8) is 0 Å². The zero-order valence-electron chi connectivity index (χ0n) is 15.1. The van der Waals surface area contributed by atoms with Crippen LogP contribution in [0, 0.1) is 0 Å². The van der Waals surface area contributed by atoms with E-state index in [0.29, 0.717) is 0 Å². The van der Waals surface area contributed by atoms with Gasteiger partial charge in [-0.15, -0.1) is 0 Å². The zero-order chi connectivity index (χ0) is 18.3. The normalized spacial score (nSPS) is 20.3. The fourth-order valence-corrected chi connectivity index (χ4v) is 4.80. The molecule has 2 aliphatic rings. The number of fused-ring (bicyclic) bond motifs is 3. The molecule has 2 aliphatic carbocycles. The maximum absolute atomic E-state index is 9.64. The highest BCUT2D eigenvalue weighted by atomic mass is 16.2. The van der Waals surface area contributed by atoms with Gasteiger partial charge in [0, 0.05) is 0 Å². The quantitative estimate of drug-likeness (QED) is 0.698. The monoisotopic (exact) mass is 347 g/mol. The molecule has 3 aromatic rings. The Morgan fingerprint density at radius 3 is 2.33 bits per heavy atom. The van der Waals surface area contributed by atoms with E-state index in [9.17, 15) is 5.02 Å². The van der Waals surface area contributed by atoms with Crippen LogP contribution in [-0.4, -0.2) is 12.5 Å². The predicted molar refractivity (Wildman–Crippen MR) is 112 cm³/mol. The summed E-state index contributed by atoms with van der Waals surface area (Å²) in [5.74, 6) is 0. The molecule has 0 saturated heterocycles. The van der Waals surface area contributed by atoms with Gasteiger partial charge in [-0.1, -0.05) is 96.5 Å². The van der Waals surface area contributed by atoms with Gasteiger partial charge >= 0.3 is 7.48 Å². The minimum Gasteiger partial charge on any atom is -0.450 e. The average Bonchev–Trinajstić information content (AvgIpc) is 3.06. The summed E-state index contributed by atoms with van der Waals surface area (Å²) in [5.41, 5.74) is 8.33. The third kappa shape index (κ3) is 2.30. The summed E-state index contributed by atoms with van der Waals surface area (Å²) in [7, 11) is 1.19. The number of rotatable bonds is 3. The highest BCUT2D eigenvalue weighted by Gasteiger charge is 2.48. The van der Waals surface area contributed by atoms with Gasteiger partial charge in [-0.2, -0.15) is 0 Å². The molecule has 129 valence electrons. The molecule has 27 heavy (non-hydrogen) atoms. The molecule has 2 heteroatoms. The maximum Gasteiger partial charge on any atom is 0.326 e. The van der Waals surface area contributed by atoms with Gasteiger partial charge in [-0.3, -0.25) is 0 Å². The van der Waals surface area contributed by atoms with Crippen LogP contribution in [0.2, 0.25) is 0 Å². The summed E-state index contributed by atoms with van der Waals surface area (Å²) in [4.78, 5) is 0.